The Kier molecular flexibility index (Phi) is 5.99. The smallest absolute Gasteiger partial charge is 0.269 e. The van der Waals surface area contributed by atoms with Gasteiger partial charge in [0.1, 0.15) is 12.4 Å². The first kappa shape index (κ1) is 19.3. The molecular formula is C23H15N3O3. The number of hydrogen-bond donors (Lipinski definition) is 0. The summed E-state index contributed by atoms with van der Waals surface area (Å²) in [5.74, 6) is 0.590. The molecule has 3 aromatic rings. The summed E-state index contributed by atoms with van der Waals surface area (Å²) in [5.41, 5.74) is 3.23. The van der Waals surface area contributed by atoms with Crippen LogP contribution >= 0.6 is 0 Å². The molecule has 140 valence electrons. The predicted octanol–water partition coefficient (Wildman–Crippen LogP) is 5.11. The van der Waals surface area contributed by atoms with Crippen LogP contribution in [-0.4, -0.2) is 4.92 Å². The molecule has 0 bridgehead atoms. The quantitative estimate of drug-likeness (QED) is 0.256. The van der Waals surface area contributed by atoms with Crippen molar-refractivity contribution in [2.45, 2.75) is 6.61 Å². The van der Waals surface area contributed by atoms with Gasteiger partial charge in [0.2, 0.25) is 0 Å². The summed E-state index contributed by atoms with van der Waals surface area (Å²) in [7, 11) is 0. The van der Waals surface area contributed by atoms with Gasteiger partial charge in [0.25, 0.3) is 5.69 Å². The van der Waals surface area contributed by atoms with Gasteiger partial charge in [0.05, 0.1) is 28.2 Å². The molecule has 0 amide bonds. The highest BCUT2D eigenvalue weighted by molar-refractivity contribution is 5.90. The number of nitriles is 2. The molecule has 0 atom stereocenters. The van der Waals surface area contributed by atoms with Gasteiger partial charge in [-0.1, -0.05) is 30.3 Å². The first-order valence-electron chi connectivity index (χ1n) is 8.68. The fourth-order valence-electron chi connectivity index (χ4n) is 2.67. The number of hydrogen-bond acceptors (Lipinski definition) is 5. The Morgan fingerprint density at radius 1 is 1.00 bits per heavy atom. The van der Waals surface area contributed by atoms with Crippen molar-refractivity contribution in [1.29, 1.82) is 10.5 Å². The second kappa shape index (κ2) is 8.98. The van der Waals surface area contributed by atoms with Crippen LogP contribution < -0.4 is 4.74 Å². The van der Waals surface area contributed by atoms with Crippen molar-refractivity contribution in [3.05, 3.63) is 105 Å². The standard InChI is InChI=1S/C23H15N3O3/c24-14-17-5-9-19(10-6-17)21(15-25)13-20-3-1-2-4-23(20)29-16-18-7-11-22(12-8-18)26(27)28/h1-13H,16H2. The number of nitro groups is 1. The van der Waals surface area contributed by atoms with E-state index in [-0.39, 0.29) is 12.3 Å². The Bertz CT molecular complexity index is 1140. The first-order valence-corrected chi connectivity index (χ1v) is 8.68. The largest absolute Gasteiger partial charge is 0.488 e. The van der Waals surface area contributed by atoms with Gasteiger partial charge in [0, 0.05) is 17.7 Å². The number of allylic oxidation sites excluding steroid dienone is 1. The Morgan fingerprint density at radius 2 is 1.69 bits per heavy atom. The van der Waals surface area contributed by atoms with Gasteiger partial charge in [-0.05, 0) is 47.5 Å². The van der Waals surface area contributed by atoms with Crippen molar-refractivity contribution < 1.29 is 9.66 Å². The van der Waals surface area contributed by atoms with E-state index >= 15 is 0 Å². The fraction of sp³-hybridized carbons (Fsp3) is 0.0435. The number of ether oxygens (including phenoxy) is 1. The van der Waals surface area contributed by atoms with Gasteiger partial charge in [-0.3, -0.25) is 10.1 Å². The minimum Gasteiger partial charge on any atom is -0.488 e. The number of benzene rings is 3. The summed E-state index contributed by atoms with van der Waals surface area (Å²) < 4.78 is 5.87. The van der Waals surface area contributed by atoms with Crippen LogP contribution in [0.4, 0.5) is 5.69 Å². The van der Waals surface area contributed by atoms with Gasteiger partial charge >= 0.3 is 0 Å². The van der Waals surface area contributed by atoms with Crippen LogP contribution in [0.5, 0.6) is 5.75 Å². The van der Waals surface area contributed by atoms with Gasteiger partial charge in [-0.25, -0.2) is 0 Å². The van der Waals surface area contributed by atoms with Gasteiger partial charge < -0.3 is 4.74 Å². The predicted molar refractivity (Wildman–Crippen MR) is 109 cm³/mol. The van der Waals surface area contributed by atoms with E-state index < -0.39 is 4.92 Å². The Hall–Kier alpha value is -4.42. The second-order valence-corrected chi connectivity index (χ2v) is 6.11. The van der Waals surface area contributed by atoms with E-state index in [1.807, 2.05) is 18.2 Å². The zero-order chi connectivity index (χ0) is 20.6. The molecule has 3 aromatic carbocycles. The number of para-hydroxylation sites is 1. The first-order chi connectivity index (χ1) is 14.1. The van der Waals surface area contributed by atoms with Crippen LogP contribution in [0.15, 0.2) is 72.8 Å². The third-order valence-electron chi connectivity index (χ3n) is 4.21. The second-order valence-electron chi connectivity index (χ2n) is 6.11. The summed E-state index contributed by atoms with van der Waals surface area (Å²) in [6.07, 6.45) is 1.73. The highest BCUT2D eigenvalue weighted by Gasteiger charge is 2.07. The Balaban J connectivity index is 1.82. The van der Waals surface area contributed by atoms with Crippen molar-refractivity contribution in [2.24, 2.45) is 0 Å². The van der Waals surface area contributed by atoms with Crippen molar-refractivity contribution in [3.8, 4) is 17.9 Å². The topological polar surface area (TPSA) is 99.9 Å². The van der Waals surface area contributed by atoms with E-state index in [1.165, 1.54) is 12.1 Å². The van der Waals surface area contributed by atoms with Crippen molar-refractivity contribution in [1.82, 2.24) is 0 Å². The number of nitro benzene ring substituents is 1. The zero-order valence-corrected chi connectivity index (χ0v) is 15.3. The minimum absolute atomic E-state index is 0.0261. The lowest BCUT2D eigenvalue weighted by Gasteiger charge is -2.10. The summed E-state index contributed by atoms with van der Waals surface area (Å²) >= 11 is 0. The van der Waals surface area contributed by atoms with Crippen LogP contribution in [0.2, 0.25) is 0 Å². The van der Waals surface area contributed by atoms with E-state index in [1.54, 1.807) is 48.5 Å². The van der Waals surface area contributed by atoms with E-state index in [9.17, 15) is 15.4 Å². The molecule has 29 heavy (non-hydrogen) atoms. The summed E-state index contributed by atoms with van der Waals surface area (Å²) in [6, 6.07) is 24.5. The number of non-ortho nitro benzene ring substituents is 1. The highest BCUT2D eigenvalue weighted by Crippen LogP contribution is 2.26. The maximum Gasteiger partial charge on any atom is 0.269 e. The lowest BCUT2D eigenvalue weighted by Crippen LogP contribution is -1.97. The van der Waals surface area contributed by atoms with E-state index in [0.717, 1.165) is 11.1 Å². The molecule has 0 heterocycles. The molecule has 0 aliphatic heterocycles. The molecule has 0 saturated carbocycles. The fourth-order valence-corrected chi connectivity index (χ4v) is 2.67. The molecule has 3 rings (SSSR count). The van der Waals surface area contributed by atoms with Crippen molar-refractivity contribution in [3.63, 3.8) is 0 Å². The number of rotatable bonds is 6. The van der Waals surface area contributed by atoms with Crippen LogP contribution in [0.25, 0.3) is 11.6 Å². The average molecular weight is 381 g/mol. The van der Waals surface area contributed by atoms with Gasteiger partial charge in [-0.2, -0.15) is 10.5 Å². The van der Waals surface area contributed by atoms with E-state index in [4.69, 9.17) is 10.00 Å². The normalized spacial score (nSPS) is 10.6. The summed E-state index contributed by atoms with van der Waals surface area (Å²) in [6.45, 7) is 0.238. The summed E-state index contributed by atoms with van der Waals surface area (Å²) in [4.78, 5) is 10.3. The monoisotopic (exact) mass is 381 g/mol. The van der Waals surface area contributed by atoms with Crippen LogP contribution in [-0.2, 0) is 6.61 Å². The molecule has 0 N–H and O–H groups in total. The Morgan fingerprint density at radius 3 is 2.31 bits per heavy atom. The van der Waals surface area contributed by atoms with E-state index in [2.05, 4.69) is 12.1 Å². The zero-order valence-electron chi connectivity index (χ0n) is 15.3. The minimum atomic E-state index is -0.447. The summed E-state index contributed by atoms with van der Waals surface area (Å²) in [5, 5.41) is 29.2. The third kappa shape index (κ3) is 4.85. The molecular weight excluding hydrogens is 366 g/mol. The Labute approximate surface area is 167 Å². The molecule has 0 saturated heterocycles. The molecule has 6 nitrogen and oxygen atoms in total. The molecule has 0 aromatic heterocycles. The maximum atomic E-state index is 10.7. The average Bonchev–Trinajstić information content (AvgIpc) is 2.77. The number of nitrogens with zero attached hydrogens (tertiary/aromatic N) is 3. The lowest BCUT2D eigenvalue weighted by atomic mass is 10.0. The van der Waals surface area contributed by atoms with Crippen LogP contribution in [0, 0.1) is 32.8 Å². The SMILES string of the molecule is N#CC(=Cc1ccccc1OCc1ccc([N+](=O)[O-])cc1)c1ccc(C#N)cc1. The van der Waals surface area contributed by atoms with Gasteiger partial charge in [-0.15, -0.1) is 0 Å². The molecule has 0 spiro atoms. The molecule has 0 aliphatic carbocycles. The molecule has 0 radical (unpaired) electrons. The molecule has 6 heteroatoms. The van der Waals surface area contributed by atoms with E-state index in [0.29, 0.717) is 22.4 Å². The highest BCUT2D eigenvalue weighted by atomic mass is 16.6. The molecule has 0 unspecified atom stereocenters. The van der Waals surface area contributed by atoms with Gasteiger partial charge in [0.15, 0.2) is 0 Å². The molecule has 0 aliphatic rings. The van der Waals surface area contributed by atoms with Crippen LogP contribution in [0.1, 0.15) is 22.3 Å². The van der Waals surface area contributed by atoms with Crippen molar-refractivity contribution >= 4 is 17.3 Å². The van der Waals surface area contributed by atoms with Crippen molar-refractivity contribution in [2.75, 3.05) is 0 Å². The third-order valence-corrected chi connectivity index (χ3v) is 4.21. The maximum absolute atomic E-state index is 10.7. The lowest BCUT2D eigenvalue weighted by molar-refractivity contribution is -0.384. The van der Waals surface area contributed by atoms with Crippen LogP contribution in [0.3, 0.4) is 0 Å². The molecule has 0 fully saturated rings.